The molecular weight excluding hydrogens is 406 g/mol. The maximum atomic E-state index is 13.1. The zero-order valence-corrected chi connectivity index (χ0v) is 17.7. The van der Waals surface area contributed by atoms with Gasteiger partial charge in [0.15, 0.2) is 11.4 Å². The lowest BCUT2D eigenvalue weighted by Gasteiger charge is -2.22. The number of nitrogens with zero attached hydrogens (tertiary/aromatic N) is 1. The van der Waals surface area contributed by atoms with Crippen LogP contribution in [0.15, 0.2) is 78.9 Å². The summed E-state index contributed by atoms with van der Waals surface area (Å²) in [7, 11) is 0. The highest BCUT2D eigenvalue weighted by atomic mass is 16.5. The van der Waals surface area contributed by atoms with E-state index < -0.39 is 23.9 Å². The average Bonchev–Trinajstić information content (AvgIpc) is 3.02. The van der Waals surface area contributed by atoms with E-state index >= 15 is 0 Å². The molecule has 1 N–H and O–H groups in total. The van der Waals surface area contributed by atoms with Crippen molar-refractivity contribution in [2.75, 3.05) is 18.1 Å². The van der Waals surface area contributed by atoms with Crippen molar-refractivity contribution in [1.29, 1.82) is 0 Å². The van der Waals surface area contributed by atoms with Crippen molar-refractivity contribution < 1.29 is 24.2 Å². The minimum absolute atomic E-state index is 0.185. The predicted molar refractivity (Wildman–Crippen MR) is 120 cm³/mol. The zero-order valence-electron chi connectivity index (χ0n) is 17.7. The summed E-state index contributed by atoms with van der Waals surface area (Å²) in [6, 6.07) is 23.5. The SMILES string of the molecule is CCOC(=O)CN1C(=O)[C@](O)(CC(=O)c2ccc(-c3ccccc3)cc2)c2ccccc21. The molecule has 3 aromatic carbocycles. The first-order valence-electron chi connectivity index (χ1n) is 10.4. The second-order valence-corrected chi connectivity index (χ2v) is 7.62. The van der Waals surface area contributed by atoms with Gasteiger partial charge in [0, 0.05) is 11.1 Å². The van der Waals surface area contributed by atoms with Crippen LogP contribution in [0.1, 0.15) is 29.3 Å². The van der Waals surface area contributed by atoms with Gasteiger partial charge in [-0.15, -0.1) is 0 Å². The monoisotopic (exact) mass is 429 g/mol. The molecule has 1 heterocycles. The second-order valence-electron chi connectivity index (χ2n) is 7.62. The Morgan fingerprint density at radius 2 is 1.53 bits per heavy atom. The van der Waals surface area contributed by atoms with Crippen LogP contribution < -0.4 is 4.90 Å². The Kier molecular flexibility index (Phi) is 5.88. The molecule has 0 spiro atoms. The number of rotatable bonds is 7. The molecule has 0 bridgehead atoms. The summed E-state index contributed by atoms with van der Waals surface area (Å²) in [5.74, 6) is -1.66. The van der Waals surface area contributed by atoms with Crippen molar-refractivity contribution in [3.63, 3.8) is 0 Å². The highest BCUT2D eigenvalue weighted by Crippen LogP contribution is 2.42. The quantitative estimate of drug-likeness (QED) is 0.457. The minimum atomic E-state index is -2.04. The van der Waals surface area contributed by atoms with Gasteiger partial charge in [0.05, 0.1) is 18.7 Å². The van der Waals surface area contributed by atoms with Gasteiger partial charge in [0.2, 0.25) is 0 Å². The summed E-state index contributed by atoms with van der Waals surface area (Å²) in [6.45, 7) is 1.53. The van der Waals surface area contributed by atoms with E-state index in [0.29, 0.717) is 16.8 Å². The van der Waals surface area contributed by atoms with Crippen LogP contribution in [-0.2, 0) is 19.9 Å². The molecule has 3 aromatic rings. The van der Waals surface area contributed by atoms with E-state index in [1.807, 2.05) is 42.5 Å². The van der Waals surface area contributed by atoms with Gasteiger partial charge in [-0.2, -0.15) is 0 Å². The molecule has 0 radical (unpaired) electrons. The Morgan fingerprint density at radius 3 is 2.22 bits per heavy atom. The number of carbonyl (C=O) groups excluding carboxylic acids is 3. The van der Waals surface area contributed by atoms with Crippen LogP contribution in [-0.4, -0.2) is 35.9 Å². The first-order valence-corrected chi connectivity index (χ1v) is 10.4. The van der Waals surface area contributed by atoms with Crippen LogP contribution in [0.25, 0.3) is 11.1 Å². The Bertz CT molecular complexity index is 1160. The largest absolute Gasteiger partial charge is 0.465 e. The highest BCUT2D eigenvalue weighted by Gasteiger charge is 2.51. The van der Waals surface area contributed by atoms with Crippen LogP contribution in [0.3, 0.4) is 0 Å². The van der Waals surface area contributed by atoms with E-state index in [4.69, 9.17) is 4.74 Å². The number of aliphatic hydroxyl groups is 1. The lowest BCUT2D eigenvalue weighted by Crippen LogP contribution is -2.44. The number of hydrogen-bond donors (Lipinski definition) is 1. The first kappa shape index (κ1) is 21.5. The molecule has 1 atom stereocenters. The molecule has 0 unspecified atom stereocenters. The summed E-state index contributed by atoms with van der Waals surface area (Å²) < 4.78 is 4.95. The van der Waals surface area contributed by atoms with Crippen LogP contribution >= 0.6 is 0 Å². The number of hydrogen-bond acceptors (Lipinski definition) is 5. The molecule has 4 rings (SSSR count). The van der Waals surface area contributed by atoms with E-state index in [1.54, 1.807) is 43.3 Å². The fourth-order valence-corrected chi connectivity index (χ4v) is 3.98. The minimum Gasteiger partial charge on any atom is -0.465 e. The number of benzene rings is 3. The van der Waals surface area contributed by atoms with E-state index in [9.17, 15) is 19.5 Å². The van der Waals surface area contributed by atoms with Gasteiger partial charge >= 0.3 is 5.97 Å². The third kappa shape index (κ3) is 3.92. The molecular formula is C26H23NO5. The molecule has 0 aliphatic carbocycles. The highest BCUT2D eigenvalue weighted by molar-refractivity contribution is 6.12. The van der Waals surface area contributed by atoms with E-state index in [-0.39, 0.29) is 18.9 Å². The normalized spacial score (nSPS) is 17.2. The average molecular weight is 429 g/mol. The summed E-state index contributed by atoms with van der Waals surface area (Å²) in [6.07, 6.45) is -0.424. The summed E-state index contributed by atoms with van der Waals surface area (Å²) in [5, 5.41) is 11.3. The Hall–Kier alpha value is -3.77. The molecule has 1 aliphatic rings. The Balaban J connectivity index is 1.58. The summed E-state index contributed by atoms with van der Waals surface area (Å²) >= 11 is 0. The predicted octanol–water partition coefficient (Wildman–Crippen LogP) is 3.72. The number of anilines is 1. The fraction of sp³-hybridized carbons (Fsp3) is 0.192. The molecule has 6 heteroatoms. The van der Waals surface area contributed by atoms with Crippen molar-refractivity contribution in [3.8, 4) is 11.1 Å². The number of amides is 1. The standard InChI is InChI=1S/C26H23NO5/c1-2-32-24(29)17-27-22-11-7-6-10-21(22)26(31,25(27)30)16-23(28)20-14-12-19(13-15-20)18-8-4-3-5-9-18/h3-15,31H,2,16-17H2,1H3/t26-/m0/s1. The van der Waals surface area contributed by atoms with Gasteiger partial charge in [-0.3, -0.25) is 19.3 Å². The summed E-state index contributed by atoms with van der Waals surface area (Å²) in [4.78, 5) is 39.3. The number of fused-ring (bicyclic) bond motifs is 1. The van der Waals surface area contributed by atoms with Gasteiger partial charge in [0.25, 0.3) is 5.91 Å². The maximum Gasteiger partial charge on any atom is 0.326 e. The molecule has 0 aromatic heterocycles. The van der Waals surface area contributed by atoms with Gasteiger partial charge in [0.1, 0.15) is 6.54 Å². The van der Waals surface area contributed by atoms with E-state index in [2.05, 4.69) is 0 Å². The number of para-hydroxylation sites is 1. The Labute approximate surface area is 186 Å². The van der Waals surface area contributed by atoms with Crippen LogP contribution in [0.2, 0.25) is 0 Å². The Morgan fingerprint density at radius 1 is 0.906 bits per heavy atom. The van der Waals surface area contributed by atoms with E-state index in [1.165, 1.54) is 4.90 Å². The van der Waals surface area contributed by atoms with Gasteiger partial charge in [-0.05, 0) is 24.1 Å². The molecule has 6 nitrogen and oxygen atoms in total. The third-order valence-corrected chi connectivity index (χ3v) is 5.56. The van der Waals surface area contributed by atoms with Crippen molar-refractivity contribution >= 4 is 23.3 Å². The maximum absolute atomic E-state index is 13.1. The molecule has 0 saturated heterocycles. The second kappa shape index (κ2) is 8.77. The fourth-order valence-electron chi connectivity index (χ4n) is 3.98. The van der Waals surface area contributed by atoms with Gasteiger partial charge in [-0.25, -0.2) is 0 Å². The third-order valence-electron chi connectivity index (χ3n) is 5.56. The number of carbonyl (C=O) groups is 3. The molecule has 1 amide bonds. The summed E-state index contributed by atoms with van der Waals surface area (Å²) in [5.41, 5.74) is 1.05. The van der Waals surface area contributed by atoms with Crippen LogP contribution in [0.4, 0.5) is 5.69 Å². The molecule has 32 heavy (non-hydrogen) atoms. The number of esters is 1. The van der Waals surface area contributed by atoms with Crippen molar-refractivity contribution in [2.45, 2.75) is 18.9 Å². The zero-order chi connectivity index (χ0) is 22.7. The van der Waals surface area contributed by atoms with Crippen molar-refractivity contribution in [3.05, 3.63) is 90.0 Å². The molecule has 0 fully saturated rings. The molecule has 162 valence electrons. The van der Waals surface area contributed by atoms with Crippen molar-refractivity contribution in [2.24, 2.45) is 0 Å². The lowest BCUT2D eigenvalue weighted by atomic mass is 9.88. The van der Waals surface area contributed by atoms with Crippen molar-refractivity contribution in [1.82, 2.24) is 0 Å². The number of ether oxygens (including phenoxy) is 1. The van der Waals surface area contributed by atoms with Crippen LogP contribution in [0, 0.1) is 0 Å². The topological polar surface area (TPSA) is 83.9 Å². The lowest BCUT2D eigenvalue weighted by molar-refractivity contribution is -0.144. The van der Waals surface area contributed by atoms with Gasteiger partial charge in [-0.1, -0.05) is 72.8 Å². The molecule has 1 aliphatic heterocycles. The number of ketones is 1. The smallest absolute Gasteiger partial charge is 0.326 e. The molecule has 0 saturated carbocycles. The first-order chi connectivity index (χ1) is 15.4. The number of Topliss-reactive ketones (excluding diaryl/α,β-unsaturated/α-hetero) is 1. The van der Waals surface area contributed by atoms with Crippen LogP contribution in [0.5, 0.6) is 0 Å². The van der Waals surface area contributed by atoms with Gasteiger partial charge < -0.3 is 9.84 Å². The van der Waals surface area contributed by atoms with E-state index in [0.717, 1.165) is 11.1 Å².